The quantitative estimate of drug-likeness (QED) is 0.654. The van der Waals surface area contributed by atoms with E-state index in [2.05, 4.69) is 74.4 Å². The molecule has 4 heteroatoms. The van der Waals surface area contributed by atoms with Crippen LogP contribution in [0, 0.1) is 3.83 Å². The lowest BCUT2D eigenvalue weighted by Crippen LogP contribution is -1.89. The van der Waals surface area contributed by atoms with Gasteiger partial charge in [-0.15, -0.1) is 0 Å². The van der Waals surface area contributed by atoms with Crippen molar-refractivity contribution in [3.05, 3.63) is 56.9 Å². The van der Waals surface area contributed by atoms with E-state index in [0.717, 1.165) is 15.3 Å². The molecule has 1 heterocycles. The summed E-state index contributed by atoms with van der Waals surface area (Å²) in [6, 6.07) is 14.9. The van der Waals surface area contributed by atoms with E-state index < -0.39 is 0 Å². The maximum Gasteiger partial charge on any atom is 0.203 e. The summed E-state index contributed by atoms with van der Waals surface area (Å²) in [6.07, 6.45) is 0.863. The first-order valence-electron chi connectivity index (χ1n) is 5.27. The van der Waals surface area contributed by atoms with E-state index in [4.69, 9.17) is 0 Å². The Morgan fingerprint density at radius 2 is 1.88 bits per heavy atom. The second kappa shape index (κ2) is 4.70. The van der Waals surface area contributed by atoms with Crippen LogP contribution < -0.4 is 0 Å². The van der Waals surface area contributed by atoms with Gasteiger partial charge in [0.2, 0.25) is 3.83 Å². The highest BCUT2D eigenvalue weighted by Crippen LogP contribution is 2.22. The Balaban J connectivity index is 2.05. The molecule has 0 aliphatic rings. The van der Waals surface area contributed by atoms with Gasteiger partial charge in [0.1, 0.15) is 5.01 Å². The number of aromatic nitrogens is 2. The van der Waals surface area contributed by atoms with E-state index in [-0.39, 0.29) is 0 Å². The van der Waals surface area contributed by atoms with Gasteiger partial charge in [-0.05, 0) is 27.9 Å². The summed E-state index contributed by atoms with van der Waals surface area (Å²) in [5.41, 5.74) is 1.32. The highest BCUT2D eigenvalue weighted by Gasteiger charge is 2.05. The van der Waals surface area contributed by atoms with Gasteiger partial charge in [-0.2, -0.15) is 4.37 Å². The predicted molar refractivity (Wildman–Crippen MR) is 79.4 cm³/mol. The zero-order valence-electron chi connectivity index (χ0n) is 8.93. The molecule has 3 aromatic rings. The van der Waals surface area contributed by atoms with Crippen LogP contribution in [0.4, 0.5) is 0 Å². The standard InChI is InChI=1S/C13H9IN2S/c14-13-15-12(17-16-13)8-10-6-3-5-9-4-1-2-7-11(9)10/h1-7H,8H2. The smallest absolute Gasteiger partial charge is 0.203 e. The van der Waals surface area contributed by atoms with Crippen LogP contribution in [0.25, 0.3) is 10.8 Å². The van der Waals surface area contributed by atoms with Crippen LogP contribution in [0.5, 0.6) is 0 Å². The van der Waals surface area contributed by atoms with Crippen LogP contribution in [0.3, 0.4) is 0 Å². The third-order valence-electron chi connectivity index (χ3n) is 2.66. The minimum absolute atomic E-state index is 0.836. The molecule has 0 fully saturated rings. The van der Waals surface area contributed by atoms with Gasteiger partial charge in [-0.25, -0.2) is 4.98 Å². The predicted octanol–water partition coefficient (Wildman–Crippen LogP) is 3.89. The van der Waals surface area contributed by atoms with Crippen LogP contribution in [-0.2, 0) is 6.42 Å². The monoisotopic (exact) mass is 352 g/mol. The van der Waals surface area contributed by atoms with Crippen molar-refractivity contribution in [3.63, 3.8) is 0 Å². The van der Waals surface area contributed by atoms with Crippen molar-refractivity contribution in [2.24, 2.45) is 0 Å². The molecule has 0 unspecified atom stereocenters. The summed E-state index contributed by atoms with van der Waals surface area (Å²) >= 11 is 3.63. The lowest BCUT2D eigenvalue weighted by Gasteiger charge is -2.03. The van der Waals surface area contributed by atoms with E-state index in [0.29, 0.717) is 0 Å². The van der Waals surface area contributed by atoms with Gasteiger partial charge < -0.3 is 0 Å². The Hall–Kier alpha value is -1.01. The van der Waals surface area contributed by atoms with Gasteiger partial charge in [0, 0.05) is 29.0 Å². The maximum absolute atomic E-state index is 4.41. The Labute approximate surface area is 117 Å². The average Bonchev–Trinajstić information content (AvgIpc) is 2.75. The average molecular weight is 352 g/mol. The molecule has 0 saturated carbocycles. The molecule has 0 aliphatic heterocycles. The molecule has 0 aliphatic carbocycles. The fourth-order valence-corrected chi connectivity index (χ4v) is 3.23. The fourth-order valence-electron chi connectivity index (χ4n) is 1.92. The summed E-state index contributed by atoms with van der Waals surface area (Å²) in [4.78, 5) is 4.41. The normalized spacial score (nSPS) is 10.9. The van der Waals surface area contributed by atoms with Crippen molar-refractivity contribution in [2.45, 2.75) is 6.42 Å². The van der Waals surface area contributed by atoms with Gasteiger partial charge in [0.25, 0.3) is 0 Å². The second-order valence-electron chi connectivity index (χ2n) is 3.77. The van der Waals surface area contributed by atoms with Gasteiger partial charge in [0.15, 0.2) is 0 Å². The van der Waals surface area contributed by atoms with E-state index in [1.54, 1.807) is 0 Å². The largest absolute Gasteiger partial charge is 0.214 e. The number of benzene rings is 2. The van der Waals surface area contributed by atoms with E-state index >= 15 is 0 Å². The van der Waals surface area contributed by atoms with E-state index in [9.17, 15) is 0 Å². The van der Waals surface area contributed by atoms with E-state index in [1.165, 1.54) is 27.9 Å². The first-order chi connectivity index (χ1) is 8.33. The molecule has 0 bridgehead atoms. The van der Waals surface area contributed by atoms with Crippen molar-refractivity contribution in [1.29, 1.82) is 0 Å². The van der Waals surface area contributed by atoms with Crippen LogP contribution in [0.15, 0.2) is 42.5 Å². The van der Waals surface area contributed by atoms with Crippen molar-refractivity contribution in [3.8, 4) is 0 Å². The molecule has 0 atom stereocenters. The lowest BCUT2D eigenvalue weighted by molar-refractivity contribution is 1.11. The molecule has 84 valence electrons. The Kier molecular flexibility index (Phi) is 3.07. The highest BCUT2D eigenvalue weighted by atomic mass is 127. The molecule has 2 nitrogen and oxygen atoms in total. The molecule has 0 radical (unpaired) electrons. The number of nitrogens with zero attached hydrogens (tertiary/aromatic N) is 2. The van der Waals surface area contributed by atoms with Crippen molar-refractivity contribution in [2.75, 3.05) is 0 Å². The Morgan fingerprint density at radius 3 is 2.71 bits per heavy atom. The third-order valence-corrected chi connectivity index (χ3v) is 4.19. The topological polar surface area (TPSA) is 25.8 Å². The summed E-state index contributed by atoms with van der Waals surface area (Å²) < 4.78 is 5.05. The summed E-state index contributed by atoms with van der Waals surface area (Å²) in [5, 5.41) is 3.66. The van der Waals surface area contributed by atoms with Crippen molar-refractivity contribution < 1.29 is 0 Å². The maximum atomic E-state index is 4.41. The molecule has 0 spiro atoms. The van der Waals surface area contributed by atoms with Crippen LogP contribution >= 0.6 is 34.1 Å². The zero-order valence-corrected chi connectivity index (χ0v) is 11.9. The number of hydrogen-bond acceptors (Lipinski definition) is 3. The van der Waals surface area contributed by atoms with Crippen LogP contribution in [0.1, 0.15) is 10.6 Å². The SMILES string of the molecule is Ic1nsc(Cc2cccc3ccccc23)n1. The summed E-state index contributed by atoms with van der Waals surface area (Å²) in [7, 11) is 0. The molecule has 0 saturated heterocycles. The first kappa shape index (κ1) is 11.1. The summed E-state index contributed by atoms with van der Waals surface area (Å²) in [5.74, 6) is 0. The fraction of sp³-hybridized carbons (Fsp3) is 0.0769. The Bertz CT molecular complexity index is 658. The number of rotatable bonds is 2. The molecule has 0 amide bonds. The molecule has 2 aromatic carbocycles. The first-order valence-corrected chi connectivity index (χ1v) is 7.13. The van der Waals surface area contributed by atoms with Gasteiger partial charge in [0.05, 0.1) is 0 Å². The van der Waals surface area contributed by atoms with Crippen LogP contribution in [0.2, 0.25) is 0 Å². The number of hydrogen-bond donors (Lipinski definition) is 0. The number of fused-ring (bicyclic) bond motifs is 1. The molecular formula is C13H9IN2S. The highest BCUT2D eigenvalue weighted by molar-refractivity contribution is 14.1. The minimum atomic E-state index is 0.836. The van der Waals surface area contributed by atoms with Crippen molar-refractivity contribution in [1.82, 2.24) is 9.36 Å². The van der Waals surface area contributed by atoms with Crippen molar-refractivity contribution >= 4 is 44.9 Å². The number of halogens is 1. The lowest BCUT2D eigenvalue weighted by atomic mass is 10.0. The molecule has 17 heavy (non-hydrogen) atoms. The van der Waals surface area contributed by atoms with Crippen LogP contribution in [-0.4, -0.2) is 9.36 Å². The van der Waals surface area contributed by atoms with Gasteiger partial charge in [-0.1, -0.05) is 42.5 Å². The molecular weight excluding hydrogens is 343 g/mol. The minimum Gasteiger partial charge on any atom is -0.214 e. The molecule has 0 N–H and O–H groups in total. The van der Waals surface area contributed by atoms with Gasteiger partial charge >= 0.3 is 0 Å². The van der Waals surface area contributed by atoms with E-state index in [1.807, 2.05) is 0 Å². The Morgan fingerprint density at radius 1 is 1.06 bits per heavy atom. The zero-order chi connectivity index (χ0) is 11.7. The second-order valence-corrected chi connectivity index (χ2v) is 5.57. The van der Waals surface area contributed by atoms with Gasteiger partial charge in [-0.3, -0.25) is 0 Å². The third kappa shape index (κ3) is 2.32. The molecule has 1 aromatic heterocycles. The molecule has 3 rings (SSSR count). The summed E-state index contributed by atoms with van der Waals surface area (Å²) in [6.45, 7) is 0.